The number of methoxy groups -OCH3 is 1. The molecule has 12 heteroatoms. The number of fused-ring (bicyclic) bond motifs is 1. The molecule has 0 N–H and O–H groups in total. The van der Waals surface area contributed by atoms with Crippen LogP contribution in [-0.2, 0) is 16.1 Å². The maximum Gasteiger partial charge on any atom is 0.338 e. The van der Waals surface area contributed by atoms with Crippen molar-refractivity contribution in [1.29, 1.82) is 0 Å². The summed E-state index contributed by atoms with van der Waals surface area (Å²) in [5.41, 5.74) is 3.17. The summed E-state index contributed by atoms with van der Waals surface area (Å²) < 4.78 is 14.9. The van der Waals surface area contributed by atoms with Gasteiger partial charge in [-0.3, -0.25) is 19.5 Å². The Bertz CT molecular complexity index is 1880. The van der Waals surface area contributed by atoms with Gasteiger partial charge in [-0.05, 0) is 98.6 Å². The van der Waals surface area contributed by atoms with Crippen LogP contribution in [0.15, 0.2) is 87.8 Å². The second-order valence-corrected chi connectivity index (χ2v) is 12.6. The Labute approximate surface area is 271 Å². The van der Waals surface area contributed by atoms with Gasteiger partial charge in [0, 0.05) is 12.1 Å². The molecule has 0 bridgehead atoms. The lowest BCUT2D eigenvalue weighted by atomic mass is 9.95. The Kier molecular flexibility index (Phi) is 9.22. The minimum Gasteiger partial charge on any atom is -0.487 e. The molecular weight excluding hydrogens is 784 g/mol. The number of hydrogen-bond acceptors (Lipinski definition) is 8. The highest BCUT2D eigenvalue weighted by molar-refractivity contribution is 14.1. The van der Waals surface area contributed by atoms with Crippen LogP contribution in [0.4, 0.5) is 5.69 Å². The number of benzene rings is 3. The number of halogens is 2. The van der Waals surface area contributed by atoms with E-state index in [1.807, 2.05) is 55.5 Å². The number of ether oxygens (including phenoxy) is 2. The number of non-ortho nitro benzene ring substituents is 1. The summed E-state index contributed by atoms with van der Waals surface area (Å²) >= 11 is 5.67. The molecule has 1 aliphatic heterocycles. The monoisotopic (exact) mass is 807 g/mol. The lowest BCUT2D eigenvalue weighted by Crippen LogP contribution is -2.40. The Hall–Kier alpha value is -3.37. The maximum absolute atomic E-state index is 13.9. The fourth-order valence-electron chi connectivity index (χ4n) is 4.64. The summed E-state index contributed by atoms with van der Waals surface area (Å²) in [6, 6.07) is 18.9. The van der Waals surface area contributed by atoms with Gasteiger partial charge < -0.3 is 9.47 Å². The molecule has 0 spiro atoms. The molecule has 0 amide bonds. The van der Waals surface area contributed by atoms with Crippen LogP contribution in [0.1, 0.15) is 36.1 Å². The Morgan fingerprint density at radius 3 is 2.38 bits per heavy atom. The fraction of sp³-hybridized carbons (Fsp3) is 0.167. The molecule has 214 valence electrons. The summed E-state index contributed by atoms with van der Waals surface area (Å²) in [5, 5.41) is 10.9. The Morgan fingerprint density at radius 1 is 1.12 bits per heavy atom. The smallest absolute Gasteiger partial charge is 0.338 e. The molecule has 2 heterocycles. The van der Waals surface area contributed by atoms with Crippen LogP contribution in [0.5, 0.6) is 5.75 Å². The number of esters is 1. The number of carbonyl (C=O) groups is 1. The predicted octanol–water partition coefficient (Wildman–Crippen LogP) is 5.49. The van der Waals surface area contributed by atoms with E-state index in [-0.39, 0.29) is 17.9 Å². The molecule has 42 heavy (non-hydrogen) atoms. The van der Waals surface area contributed by atoms with Crippen LogP contribution < -0.4 is 19.6 Å². The van der Waals surface area contributed by atoms with Gasteiger partial charge in [-0.25, -0.2) is 9.79 Å². The summed E-state index contributed by atoms with van der Waals surface area (Å²) in [6.07, 6.45) is 2.33. The standard InChI is InChI=1S/C30H23I2N3O6S/c1-3-23-25(29(37)40-2)26(19-7-5-4-6-8-19)34-28(36)24(42-30(34)33-23)15-18-13-21(31)27(22(32)14-18)41-16-17-9-11-20(12-10-17)35(38)39/h4-15,26H,3,16H2,1-2H3/b24-15-/t26-/m1/s1. The number of allylic oxidation sites excluding steroid dienone is 1. The Morgan fingerprint density at radius 2 is 1.79 bits per heavy atom. The van der Waals surface area contributed by atoms with Crippen molar-refractivity contribution in [3.8, 4) is 5.75 Å². The van der Waals surface area contributed by atoms with Gasteiger partial charge in [-0.1, -0.05) is 48.6 Å². The first-order valence-electron chi connectivity index (χ1n) is 12.7. The van der Waals surface area contributed by atoms with Crippen molar-refractivity contribution < 1.29 is 19.2 Å². The zero-order valence-corrected chi connectivity index (χ0v) is 27.5. The first-order valence-corrected chi connectivity index (χ1v) is 15.7. The van der Waals surface area contributed by atoms with Gasteiger partial charge in [0.1, 0.15) is 12.4 Å². The van der Waals surface area contributed by atoms with Crippen LogP contribution in [0.25, 0.3) is 6.08 Å². The molecule has 0 unspecified atom stereocenters. The van der Waals surface area contributed by atoms with Crippen molar-refractivity contribution in [2.24, 2.45) is 4.99 Å². The van der Waals surface area contributed by atoms with Gasteiger partial charge in [0.2, 0.25) is 0 Å². The largest absolute Gasteiger partial charge is 0.487 e. The third-order valence-electron chi connectivity index (χ3n) is 6.61. The van der Waals surface area contributed by atoms with E-state index in [0.29, 0.717) is 32.8 Å². The topological polar surface area (TPSA) is 113 Å². The van der Waals surface area contributed by atoms with E-state index in [1.165, 1.54) is 30.6 Å². The quantitative estimate of drug-likeness (QED) is 0.101. The van der Waals surface area contributed by atoms with Gasteiger partial charge >= 0.3 is 5.97 Å². The average molecular weight is 807 g/mol. The number of nitro groups is 1. The van der Waals surface area contributed by atoms with E-state index in [0.717, 1.165) is 23.8 Å². The van der Waals surface area contributed by atoms with Gasteiger partial charge in [-0.2, -0.15) is 0 Å². The van der Waals surface area contributed by atoms with E-state index >= 15 is 0 Å². The highest BCUT2D eigenvalue weighted by atomic mass is 127. The van der Waals surface area contributed by atoms with Crippen LogP contribution in [0.2, 0.25) is 0 Å². The van der Waals surface area contributed by atoms with E-state index in [1.54, 1.807) is 16.7 Å². The SMILES string of the molecule is CCC1=C(C(=O)OC)[C@@H](c2ccccc2)n2c(s/c(=C\c3cc(I)c(OCc4ccc([N+](=O)[O-])cc4)c(I)c3)c2=O)=N1. The molecular formula is C30H23I2N3O6S. The zero-order valence-electron chi connectivity index (χ0n) is 22.4. The highest BCUT2D eigenvalue weighted by Crippen LogP contribution is 2.32. The lowest BCUT2D eigenvalue weighted by Gasteiger charge is -2.25. The second kappa shape index (κ2) is 12.9. The van der Waals surface area contributed by atoms with Gasteiger partial charge in [0.25, 0.3) is 11.2 Å². The molecule has 1 aliphatic rings. The molecule has 9 nitrogen and oxygen atoms in total. The highest BCUT2D eigenvalue weighted by Gasteiger charge is 2.33. The molecule has 0 radical (unpaired) electrons. The van der Waals surface area contributed by atoms with Crippen molar-refractivity contribution in [3.05, 3.63) is 132 Å². The van der Waals surface area contributed by atoms with Crippen molar-refractivity contribution in [3.63, 3.8) is 0 Å². The van der Waals surface area contributed by atoms with Crippen molar-refractivity contribution in [2.45, 2.75) is 26.0 Å². The lowest BCUT2D eigenvalue weighted by molar-refractivity contribution is -0.384. The first-order chi connectivity index (χ1) is 20.2. The average Bonchev–Trinajstić information content (AvgIpc) is 3.30. The molecule has 5 rings (SSSR count). The molecule has 4 aromatic rings. The van der Waals surface area contributed by atoms with E-state index < -0.39 is 16.9 Å². The number of hydrogen-bond donors (Lipinski definition) is 0. The second-order valence-electron chi connectivity index (χ2n) is 9.22. The van der Waals surface area contributed by atoms with Gasteiger partial charge in [-0.15, -0.1) is 0 Å². The molecule has 0 fully saturated rings. The number of rotatable bonds is 8. The molecule has 0 saturated heterocycles. The first kappa shape index (κ1) is 30.1. The third kappa shape index (κ3) is 6.06. The number of thiazole rings is 1. The zero-order chi connectivity index (χ0) is 30.0. The summed E-state index contributed by atoms with van der Waals surface area (Å²) in [4.78, 5) is 42.5. The number of aromatic nitrogens is 1. The molecule has 1 aromatic heterocycles. The molecule has 1 atom stereocenters. The third-order valence-corrected chi connectivity index (χ3v) is 9.20. The molecule has 0 aliphatic carbocycles. The maximum atomic E-state index is 13.9. The number of carbonyl (C=O) groups excluding carboxylic acids is 1. The summed E-state index contributed by atoms with van der Waals surface area (Å²) in [6.45, 7) is 2.18. The normalized spacial score (nSPS) is 14.8. The number of nitro benzene ring substituents is 1. The minimum absolute atomic E-state index is 0.0278. The fourth-order valence-corrected chi connectivity index (χ4v) is 7.78. The summed E-state index contributed by atoms with van der Waals surface area (Å²) in [7, 11) is 1.33. The molecule has 3 aromatic carbocycles. The van der Waals surface area contributed by atoms with Crippen molar-refractivity contribution in [2.75, 3.05) is 7.11 Å². The van der Waals surface area contributed by atoms with E-state index in [2.05, 4.69) is 45.2 Å². The molecule has 0 saturated carbocycles. The van der Waals surface area contributed by atoms with Crippen LogP contribution in [0, 0.1) is 17.3 Å². The summed E-state index contributed by atoms with van der Waals surface area (Å²) in [5.74, 6) is 0.180. The predicted molar refractivity (Wildman–Crippen MR) is 176 cm³/mol. The van der Waals surface area contributed by atoms with Crippen molar-refractivity contribution in [1.82, 2.24) is 4.57 Å². The van der Waals surface area contributed by atoms with Crippen LogP contribution in [0.3, 0.4) is 0 Å². The van der Waals surface area contributed by atoms with Crippen molar-refractivity contribution >= 4 is 74.3 Å². The van der Waals surface area contributed by atoms with Gasteiger partial charge in [0.15, 0.2) is 4.80 Å². The van der Waals surface area contributed by atoms with Crippen LogP contribution in [-0.4, -0.2) is 22.6 Å². The number of nitrogens with zero attached hydrogens (tertiary/aromatic N) is 3. The van der Waals surface area contributed by atoms with E-state index in [9.17, 15) is 19.7 Å². The minimum atomic E-state index is -0.650. The Balaban J connectivity index is 1.52. The van der Waals surface area contributed by atoms with E-state index in [4.69, 9.17) is 14.5 Å². The van der Waals surface area contributed by atoms with Gasteiger partial charge in [0.05, 0.1) is 41.0 Å². The van der Waals surface area contributed by atoms with Crippen LogP contribution >= 0.6 is 56.5 Å².